The van der Waals surface area contributed by atoms with E-state index in [2.05, 4.69) is 10.6 Å². The van der Waals surface area contributed by atoms with Gasteiger partial charge < -0.3 is 10.6 Å². The van der Waals surface area contributed by atoms with Crippen LogP contribution in [0.25, 0.3) is 0 Å². The summed E-state index contributed by atoms with van der Waals surface area (Å²) >= 11 is 0. The van der Waals surface area contributed by atoms with Crippen molar-refractivity contribution in [1.82, 2.24) is 0 Å². The standard InChI is InChI=1S/C11H12N2O2/c1-6-3-8-4-11(15)13-10(8)5-9(6)12-7(2)14/h3,5H,4H2,1-2H3,(H,12,14)(H,13,15). The number of benzene rings is 1. The first kappa shape index (κ1) is 9.71. The third-order valence-corrected chi connectivity index (χ3v) is 2.39. The lowest BCUT2D eigenvalue weighted by Gasteiger charge is -2.08. The van der Waals surface area contributed by atoms with Crippen molar-refractivity contribution in [3.63, 3.8) is 0 Å². The Balaban J connectivity index is 2.39. The summed E-state index contributed by atoms with van der Waals surface area (Å²) in [5.41, 5.74) is 3.52. The average Bonchev–Trinajstić information content (AvgIpc) is 2.44. The van der Waals surface area contributed by atoms with Crippen molar-refractivity contribution in [2.75, 3.05) is 10.6 Å². The second-order valence-corrected chi connectivity index (χ2v) is 3.73. The van der Waals surface area contributed by atoms with Crippen LogP contribution < -0.4 is 10.6 Å². The Morgan fingerprint density at radius 3 is 2.87 bits per heavy atom. The SMILES string of the molecule is CC(=O)Nc1cc2c(cc1C)CC(=O)N2. The second-order valence-electron chi connectivity index (χ2n) is 3.73. The number of fused-ring (bicyclic) bond motifs is 1. The predicted octanol–water partition coefficient (Wildman–Crippen LogP) is 1.45. The van der Waals surface area contributed by atoms with Crippen molar-refractivity contribution in [2.45, 2.75) is 20.3 Å². The second kappa shape index (κ2) is 3.38. The Morgan fingerprint density at radius 2 is 2.20 bits per heavy atom. The summed E-state index contributed by atoms with van der Waals surface area (Å²) < 4.78 is 0. The van der Waals surface area contributed by atoms with Gasteiger partial charge in [-0.05, 0) is 24.1 Å². The molecule has 15 heavy (non-hydrogen) atoms. The van der Waals surface area contributed by atoms with Crippen LogP contribution in [0.4, 0.5) is 11.4 Å². The van der Waals surface area contributed by atoms with Gasteiger partial charge in [-0.25, -0.2) is 0 Å². The Kier molecular flexibility index (Phi) is 2.19. The first-order chi connectivity index (χ1) is 7.06. The first-order valence-corrected chi connectivity index (χ1v) is 4.77. The molecule has 4 nitrogen and oxygen atoms in total. The van der Waals surface area contributed by atoms with E-state index in [1.165, 1.54) is 6.92 Å². The molecule has 0 saturated heterocycles. The van der Waals surface area contributed by atoms with Gasteiger partial charge >= 0.3 is 0 Å². The lowest BCUT2D eigenvalue weighted by molar-refractivity contribution is -0.115. The fourth-order valence-corrected chi connectivity index (χ4v) is 1.72. The van der Waals surface area contributed by atoms with Crippen LogP contribution in [0.1, 0.15) is 18.1 Å². The molecule has 0 radical (unpaired) electrons. The van der Waals surface area contributed by atoms with Crippen LogP contribution in [0, 0.1) is 6.92 Å². The number of carbonyl (C=O) groups excluding carboxylic acids is 2. The van der Waals surface area contributed by atoms with E-state index in [9.17, 15) is 9.59 Å². The van der Waals surface area contributed by atoms with Gasteiger partial charge in [-0.3, -0.25) is 9.59 Å². The molecule has 4 heteroatoms. The molecule has 0 bridgehead atoms. The molecular weight excluding hydrogens is 192 g/mol. The molecule has 1 aliphatic rings. The Labute approximate surface area is 87.7 Å². The first-order valence-electron chi connectivity index (χ1n) is 4.77. The van der Waals surface area contributed by atoms with Crippen LogP contribution in [-0.4, -0.2) is 11.8 Å². The van der Waals surface area contributed by atoms with Crippen molar-refractivity contribution < 1.29 is 9.59 Å². The molecule has 0 aromatic heterocycles. The molecule has 0 saturated carbocycles. The van der Waals surface area contributed by atoms with Gasteiger partial charge in [0.2, 0.25) is 11.8 Å². The number of aryl methyl sites for hydroxylation is 1. The monoisotopic (exact) mass is 204 g/mol. The summed E-state index contributed by atoms with van der Waals surface area (Å²) in [6, 6.07) is 3.73. The van der Waals surface area contributed by atoms with Gasteiger partial charge in [0.05, 0.1) is 6.42 Å². The van der Waals surface area contributed by atoms with E-state index in [-0.39, 0.29) is 11.8 Å². The van der Waals surface area contributed by atoms with Crippen molar-refractivity contribution >= 4 is 23.2 Å². The molecule has 1 heterocycles. The highest BCUT2D eigenvalue weighted by Crippen LogP contribution is 2.29. The largest absolute Gasteiger partial charge is 0.326 e. The maximum absolute atomic E-state index is 11.1. The molecule has 0 spiro atoms. The van der Waals surface area contributed by atoms with Crippen molar-refractivity contribution in [1.29, 1.82) is 0 Å². The zero-order chi connectivity index (χ0) is 11.0. The number of anilines is 2. The Bertz CT molecular complexity index is 452. The molecule has 2 rings (SSSR count). The number of hydrogen-bond acceptors (Lipinski definition) is 2. The topological polar surface area (TPSA) is 58.2 Å². The van der Waals surface area contributed by atoms with Crippen molar-refractivity contribution in [2.24, 2.45) is 0 Å². The fraction of sp³-hybridized carbons (Fsp3) is 0.273. The lowest BCUT2D eigenvalue weighted by Crippen LogP contribution is -2.07. The molecule has 0 aliphatic carbocycles. The van der Waals surface area contributed by atoms with E-state index < -0.39 is 0 Å². The van der Waals surface area contributed by atoms with Gasteiger partial charge in [0.15, 0.2) is 0 Å². The normalized spacial score (nSPS) is 13.3. The molecule has 0 atom stereocenters. The molecule has 0 unspecified atom stereocenters. The lowest BCUT2D eigenvalue weighted by atomic mass is 10.1. The highest BCUT2D eigenvalue weighted by molar-refractivity contribution is 6.01. The van der Waals surface area contributed by atoms with E-state index in [1.807, 2.05) is 13.0 Å². The van der Waals surface area contributed by atoms with E-state index in [4.69, 9.17) is 0 Å². The predicted molar refractivity (Wildman–Crippen MR) is 57.8 cm³/mol. The molecule has 1 aromatic rings. The molecule has 2 amide bonds. The average molecular weight is 204 g/mol. The van der Waals surface area contributed by atoms with E-state index in [0.717, 1.165) is 22.5 Å². The summed E-state index contributed by atoms with van der Waals surface area (Å²) in [5, 5.41) is 5.48. The van der Waals surface area contributed by atoms with Gasteiger partial charge in [-0.2, -0.15) is 0 Å². The van der Waals surface area contributed by atoms with Gasteiger partial charge in [0.1, 0.15) is 0 Å². The quantitative estimate of drug-likeness (QED) is 0.727. The van der Waals surface area contributed by atoms with E-state index in [0.29, 0.717) is 6.42 Å². The van der Waals surface area contributed by atoms with Crippen molar-refractivity contribution in [3.8, 4) is 0 Å². The molecule has 1 aromatic carbocycles. The van der Waals surface area contributed by atoms with Crippen molar-refractivity contribution in [3.05, 3.63) is 23.3 Å². The number of hydrogen-bond donors (Lipinski definition) is 2. The fourth-order valence-electron chi connectivity index (χ4n) is 1.72. The molecule has 0 fully saturated rings. The summed E-state index contributed by atoms with van der Waals surface area (Å²) in [4.78, 5) is 22.1. The highest BCUT2D eigenvalue weighted by atomic mass is 16.2. The summed E-state index contributed by atoms with van der Waals surface area (Å²) in [6.45, 7) is 3.37. The smallest absolute Gasteiger partial charge is 0.228 e. The summed E-state index contributed by atoms with van der Waals surface area (Å²) in [7, 11) is 0. The minimum atomic E-state index is -0.109. The summed E-state index contributed by atoms with van der Waals surface area (Å²) in [5.74, 6) is -0.105. The number of nitrogens with one attached hydrogen (secondary N) is 2. The molecule has 78 valence electrons. The van der Waals surface area contributed by atoms with Gasteiger partial charge in [0.25, 0.3) is 0 Å². The maximum Gasteiger partial charge on any atom is 0.228 e. The van der Waals surface area contributed by atoms with Gasteiger partial charge in [-0.15, -0.1) is 0 Å². The zero-order valence-corrected chi connectivity index (χ0v) is 8.68. The number of carbonyl (C=O) groups is 2. The van der Waals surface area contributed by atoms with Gasteiger partial charge in [-0.1, -0.05) is 6.07 Å². The number of amides is 2. The van der Waals surface area contributed by atoms with Crippen LogP contribution in [0.3, 0.4) is 0 Å². The van der Waals surface area contributed by atoms with Crippen LogP contribution in [-0.2, 0) is 16.0 Å². The Hall–Kier alpha value is -1.84. The zero-order valence-electron chi connectivity index (χ0n) is 8.68. The molecule has 1 aliphatic heterocycles. The van der Waals surface area contributed by atoms with Crippen LogP contribution >= 0.6 is 0 Å². The summed E-state index contributed by atoms with van der Waals surface area (Å²) in [6.07, 6.45) is 0.427. The Morgan fingerprint density at radius 1 is 1.47 bits per heavy atom. The molecule has 2 N–H and O–H groups in total. The minimum Gasteiger partial charge on any atom is -0.326 e. The van der Waals surface area contributed by atoms with Gasteiger partial charge in [0, 0.05) is 18.3 Å². The van der Waals surface area contributed by atoms with Crippen LogP contribution in [0.15, 0.2) is 12.1 Å². The maximum atomic E-state index is 11.1. The van der Waals surface area contributed by atoms with Crippen LogP contribution in [0.2, 0.25) is 0 Å². The van der Waals surface area contributed by atoms with Crippen LogP contribution in [0.5, 0.6) is 0 Å². The third-order valence-electron chi connectivity index (χ3n) is 2.39. The third kappa shape index (κ3) is 1.83. The minimum absolute atomic E-state index is 0.00405. The molecular formula is C11H12N2O2. The number of rotatable bonds is 1. The van der Waals surface area contributed by atoms with E-state index >= 15 is 0 Å². The van der Waals surface area contributed by atoms with E-state index in [1.54, 1.807) is 6.07 Å². The highest BCUT2D eigenvalue weighted by Gasteiger charge is 2.18.